The number of aliphatic hydroxyl groups excluding tert-OH is 1. The standard InChI is InChI=1S/C16H23FN2O2/c1-10-6-13(18)7-14(15(10)17)16(21)19-8-11-4-2-3-5-12(11)9-20/h6-7,11-12,20H,2-5,8-9,18H2,1H3,(H,19,21). The number of carbonyl (C=O) groups is 1. The number of hydrogen-bond acceptors (Lipinski definition) is 3. The number of benzene rings is 1. The van der Waals surface area contributed by atoms with Crippen LogP contribution >= 0.6 is 0 Å². The predicted octanol–water partition coefficient (Wildman–Crippen LogP) is 2.24. The van der Waals surface area contributed by atoms with Crippen molar-refractivity contribution in [1.29, 1.82) is 0 Å². The smallest absolute Gasteiger partial charge is 0.254 e. The van der Waals surface area contributed by atoms with Crippen LogP contribution in [0.15, 0.2) is 12.1 Å². The zero-order valence-corrected chi connectivity index (χ0v) is 12.4. The molecule has 1 fully saturated rings. The van der Waals surface area contributed by atoms with Crippen LogP contribution in [-0.4, -0.2) is 24.2 Å². The van der Waals surface area contributed by atoms with Crippen molar-refractivity contribution in [3.63, 3.8) is 0 Å². The lowest BCUT2D eigenvalue weighted by molar-refractivity contribution is 0.0905. The first-order chi connectivity index (χ1) is 10.0. The molecule has 0 radical (unpaired) electrons. The van der Waals surface area contributed by atoms with E-state index in [-0.39, 0.29) is 24.0 Å². The van der Waals surface area contributed by atoms with Gasteiger partial charge >= 0.3 is 0 Å². The van der Waals surface area contributed by atoms with Crippen molar-refractivity contribution in [3.8, 4) is 0 Å². The molecule has 0 aliphatic heterocycles. The third kappa shape index (κ3) is 3.73. The topological polar surface area (TPSA) is 75.4 Å². The van der Waals surface area contributed by atoms with Crippen molar-refractivity contribution in [3.05, 3.63) is 29.1 Å². The normalized spacial score (nSPS) is 22.0. The fourth-order valence-corrected chi connectivity index (χ4v) is 3.08. The molecule has 1 aliphatic carbocycles. The zero-order valence-electron chi connectivity index (χ0n) is 12.4. The summed E-state index contributed by atoms with van der Waals surface area (Å²) in [6, 6.07) is 2.87. The Labute approximate surface area is 124 Å². The Morgan fingerprint density at radius 3 is 2.71 bits per heavy atom. The SMILES string of the molecule is Cc1cc(N)cc(C(=O)NCC2CCCCC2CO)c1F. The van der Waals surface area contributed by atoms with Crippen molar-refractivity contribution in [1.82, 2.24) is 5.32 Å². The molecule has 2 rings (SSSR count). The molecule has 0 aromatic heterocycles. The Morgan fingerprint density at radius 1 is 1.38 bits per heavy atom. The Bertz CT molecular complexity index is 519. The van der Waals surface area contributed by atoms with Gasteiger partial charge < -0.3 is 16.2 Å². The molecule has 0 heterocycles. The largest absolute Gasteiger partial charge is 0.399 e. The minimum Gasteiger partial charge on any atom is -0.399 e. The molecule has 1 aliphatic rings. The van der Waals surface area contributed by atoms with Gasteiger partial charge in [-0.3, -0.25) is 4.79 Å². The van der Waals surface area contributed by atoms with E-state index >= 15 is 0 Å². The Kier molecular flexibility index (Phi) is 5.17. The van der Waals surface area contributed by atoms with Crippen LogP contribution in [0.1, 0.15) is 41.6 Å². The van der Waals surface area contributed by atoms with Gasteiger partial charge in [-0.1, -0.05) is 12.8 Å². The van der Waals surface area contributed by atoms with Gasteiger partial charge in [-0.2, -0.15) is 0 Å². The van der Waals surface area contributed by atoms with Gasteiger partial charge in [0.2, 0.25) is 0 Å². The van der Waals surface area contributed by atoms with E-state index in [1.54, 1.807) is 6.92 Å². The average Bonchev–Trinajstić information content (AvgIpc) is 2.48. The van der Waals surface area contributed by atoms with E-state index in [4.69, 9.17) is 5.73 Å². The molecule has 21 heavy (non-hydrogen) atoms. The number of aliphatic hydroxyl groups is 1. The van der Waals surface area contributed by atoms with Crippen molar-refractivity contribution >= 4 is 11.6 Å². The number of nitrogen functional groups attached to an aromatic ring is 1. The highest BCUT2D eigenvalue weighted by atomic mass is 19.1. The number of hydrogen-bond donors (Lipinski definition) is 3. The number of amides is 1. The van der Waals surface area contributed by atoms with E-state index in [1.807, 2.05) is 0 Å². The van der Waals surface area contributed by atoms with Crippen LogP contribution in [0.25, 0.3) is 0 Å². The first-order valence-corrected chi connectivity index (χ1v) is 7.47. The molecule has 5 heteroatoms. The third-order valence-corrected chi connectivity index (χ3v) is 4.35. The van der Waals surface area contributed by atoms with Crippen LogP contribution in [0.2, 0.25) is 0 Å². The average molecular weight is 294 g/mol. The lowest BCUT2D eigenvalue weighted by Gasteiger charge is -2.30. The Hall–Kier alpha value is -1.62. The number of anilines is 1. The maximum Gasteiger partial charge on any atom is 0.254 e. The van der Waals surface area contributed by atoms with E-state index in [9.17, 15) is 14.3 Å². The van der Waals surface area contributed by atoms with Gasteiger partial charge in [0.1, 0.15) is 5.82 Å². The van der Waals surface area contributed by atoms with Gasteiger partial charge in [-0.05, 0) is 49.3 Å². The van der Waals surface area contributed by atoms with Crippen LogP contribution in [0, 0.1) is 24.6 Å². The van der Waals surface area contributed by atoms with Crippen molar-refractivity contribution < 1.29 is 14.3 Å². The summed E-state index contributed by atoms with van der Waals surface area (Å²) in [7, 11) is 0. The number of halogens is 1. The number of nitrogens with two attached hydrogens (primary N) is 1. The summed E-state index contributed by atoms with van der Waals surface area (Å²) >= 11 is 0. The molecular weight excluding hydrogens is 271 g/mol. The summed E-state index contributed by atoms with van der Waals surface area (Å²) < 4.78 is 14.0. The maximum atomic E-state index is 14.0. The molecule has 2 unspecified atom stereocenters. The molecule has 0 saturated heterocycles. The van der Waals surface area contributed by atoms with E-state index in [0.717, 1.165) is 25.7 Å². The first-order valence-electron chi connectivity index (χ1n) is 7.47. The summed E-state index contributed by atoms with van der Waals surface area (Å²) in [5, 5.41) is 12.2. The zero-order chi connectivity index (χ0) is 15.4. The van der Waals surface area contributed by atoms with Crippen molar-refractivity contribution in [2.45, 2.75) is 32.6 Å². The highest BCUT2D eigenvalue weighted by Crippen LogP contribution is 2.29. The summed E-state index contributed by atoms with van der Waals surface area (Å²) in [5.74, 6) is -0.474. The second-order valence-electron chi connectivity index (χ2n) is 5.90. The molecule has 4 nitrogen and oxygen atoms in total. The van der Waals surface area contributed by atoms with Crippen molar-refractivity contribution in [2.75, 3.05) is 18.9 Å². The molecule has 1 aromatic rings. The summed E-state index contributed by atoms with van der Waals surface area (Å²) in [4.78, 5) is 12.1. The highest BCUT2D eigenvalue weighted by molar-refractivity contribution is 5.95. The monoisotopic (exact) mass is 294 g/mol. The van der Waals surface area contributed by atoms with Gasteiger partial charge in [0.15, 0.2) is 0 Å². The third-order valence-electron chi connectivity index (χ3n) is 4.35. The van der Waals surface area contributed by atoms with Crippen molar-refractivity contribution in [2.24, 2.45) is 11.8 Å². The summed E-state index contributed by atoms with van der Waals surface area (Å²) in [6.07, 6.45) is 4.22. The Morgan fingerprint density at radius 2 is 2.05 bits per heavy atom. The minimum atomic E-state index is -0.524. The lowest BCUT2D eigenvalue weighted by Crippen LogP contribution is -2.35. The first kappa shape index (κ1) is 15.8. The van der Waals surface area contributed by atoms with E-state index < -0.39 is 11.7 Å². The molecule has 1 aromatic carbocycles. The van der Waals surface area contributed by atoms with Gasteiger partial charge in [0.25, 0.3) is 5.91 Å². The summed E-state index contributed by atoms with van der Waals surface area (Å²) in [6.45, 7) is 2.20. The van der Waals surface area contributed by atoms with Gasteiger partial charge in [0.05, 0.1) is 5.56 Å². The molecule has 4 N–H and O–H groups in total. The second kappa shape index (κ2) is 6.89. The van der Waals surface area contributed by atoms with E-state index in [0.29, 0.717) is 17.8 Å². The second-order valence-corrected chi connectivity index (χ2v) is 5.90. The van der Waals surface area contributed by atoms with Gasteiger partial charge in [-0.25, -0.2) is 4.39 Å². The molecule has 2 atom stereocenters. The fraction of sp³-hybridized carbons (Fsp3) is 0.562. The van der Waals surface area contributed by atoms with Gasteiger partial charge in [0, 0.05) is 18.8 Å². The van der Waals surface area contributed by atoms with E-state index in [2.05, 4.69) is 5.32 Å². The molecular formula is C16H23FN2O2. The minimum absolute atomic E-state index is 0.0103. The number of aryl methyl sites for hydroxylation is 1. The molecule has 1 amide bonds. The quantitative estimate of drug-likeness (QED) is 0.746. The van der Waals surface area contributed by atoms with Crippen LogP contribution in [-0.2, 0) is 0 Å². The summed E-state index contributed by atoms with van der Waals surface area (Å²) in [5.41, 5.74) is 6.40. The molecule has 1 saturated carbocycles. The molecule has 0 spiro atoms. The predicted molar refractivity (Wildman–Crippen MR) is 80.4 cm³/mol. The van der Waals surface area contributed by atoms with Crippen LogP contribution in [0.5, 0.6) is 0 Å². The Balaban J connectivity index is 2.01. The van der Waals surface area contributed by atoms with Crippen LogP contribution < -0.4 is 11.1 Å². The van der Waals surface area contributed by atoms with Crippen LogP contribution in [0.4, 0.5) is 10.1 Å². The molecule has 0 bridgehead atoms. The van der Waals surface area contributed by atoms with Gasteiger partial charge in [-0.15, -0.1) is 0 Å². The number of carbonyl (C=O) groups excluding carboxylic acids is 1. The highest BCUT2D eigenvalue weighted by Gasteiger charge is 2.25. The number of rotatable bonds is 4. The van der Waals surface area contributed by atoms with E-state index in [1.165, 1.54) is 12.1 Å². The number of nitrogens with one attached hydrogen (secondary N) is 1. The fourth-order valence-electron chi connectivity index (χ4n) is 3.08. The lowest BCUT2D eigenvalue weighted by atomic mass is 9.79. The maximum absolute atomic E-state index is 14.0. The molecule has 116 valence electrons. The van der Waals surface area contributed by atoms with Crippen LogP contribution in [0.3, 0.4) is 0 Å².